The number of thioether (sulfide) groups is 1. The van der Waals surface area contributed by atoms with Gasteiger partial charge in [0, 0.05) is 13.1 Å². The van der Waals surface area contributed by atoms with Crippen molar-refractivity contribution in [1.29, 1.82) is 0 Å². The lowest BCUT2D eigenvalue weighted by molar-refractivity contribution is -0.184. The van der Waals surface area contributed by atoms with Crippen molar-refractivity contribution in [3.05, 3.63) is 71.8 Å². The van der Waals surface area contributed by atoms with Gasteiger partial charge in [0.25, 0.3) is 0 Å². The van der Waals surface area contributed by atoms with E-state index in [1.165, 1.54) is 22.7 Å². The second-order valence-electron chi connectivity index (χ2n) is 11.0. The highest BCUT2D eigenvalue weighted by Gasteiger charge is 2.51. The molecule has 1 amide bonds. The first-order valence-electron chi connectivity index (χ1n) is 13.7. The molecule has 0 bridgehead atoms. The number of aliphatic carboxylic acids is 1. The smallest absolute Gasteiger partial charge is 0.416 e. The summed E-state index contributed by atoms with van der Waals surface area (Å²) >= 11 is 1.25. The van der Waals surface area contributed by atoms with E-state index in [9.17, 15) is 14.7 Å². The van der Waals surface area contributed by atoms with Gasteiger partial charge >= 0.3 is 12.1 Å². The summed E-state index contributed by atoms with van der Waals surface area (Å²) in [5.41, 5.74) is 0.531. The summed E-state index contributed by atoms with van der Waals surface area (Å²) in [6.07, 6.45) is -0.221. The first kappa shape index (κ1) is 32.3. The first-order valence-corrected chi connectivity index (χ1v) is 14.6. The molecule has 11 nitrogen and oxygen atoms in total. The third-order valence-corrected chi connectivity index (χ3v) is 7.83. The number of carboxylic acids is 1. The molecule has 12 heteroatoms. The Labute approximate surface area is 255 Å². The molecule has 0 aliphatic carbocycles. The van der Waals surface area contributed by atoms with Crippen molar-refractivity contribution < 1.29 is 43.1 Å². The zero-order valence-corrected chi connectivity index (χ0v) is 25.9. The number of benzene rings is 2. The average molecular weight is 615 g/mol. The maximum atomic E-state index is 12.8. The molecule has 4 rings (SSSR count). The van der Waals surface area contributed by atoms with Crippen LogP contribution in [0.1, 0.15) is 31.9 Å². The Balaban J connectivity index is 1.63. The quantitative estimate of drug-likeness (QED) is 0.370. The number of methoxy groups -OCH3 is 2. The average Bonchev–Trinajstić information content (AvgIpc) is 3.41. The molecule has 2 aliphatic heterocycles. The fourth-order valence-electron chi connectivity index (χ4n) is 4.46. The second-order valence-corrected chi connectivity index (χ2v) is 12.0. The molecule has 1 saturated heterocycles. The molecule has 232 valence electrons. The van der Waals surface area contributed by atoms with Crippen molar-refractivity contribution in [2.24, 2.45) is 4.99 Å². The topological polar surface area (TPSA) is 125 Å². The van der Waals surface area contributed by atoms with Gasteiger partial charge in [-0.05, 0) is 62.2 Å². The minimum Gasteiger partial charge on any atom is -0.497 e. The number of amides is 1. The summed E-state index contributed by atoms with van der Waals surface area (Å²) in [7, 11) is 4.79. The van der Waals surface area contributed by atoms with E-state index in [-0.39, 0.29) is 13.2 Å². The monoisotopic (exact) mass is 614 g/mol. The lowest BCUT2D eigenvalue weighted by Gasteiger charge is -2.41. The van der Waals surface area contributed by atoms with Gasteiger partial charge in [-0.1, -0.05) is 36.0 Å². The molecule has 1 fully saturated rings. The molecule has 2 aromatic rings. The minimum atomic E-state index is -1.11. The van der Waals surface area contributed by atoms with Crippen LogP contribution in [0.15, 0.2) is 65.7 Å². The van der Waals surface area contributed by atoms with Crippen molar-refractivity contribution in [2.75, 3.05) is 21.3 Å². The highest BCUT2D eigenvalue weighted by Crippen LogP contribution is 2.40. The van der Waals surface area contributed by atoms with E-state index in [1.54, 1.807) is 42.0 Å². The summed E-state index contributed by atoms with van der Waals surface area (Å²) < 4.78 is 35.3. The fraction of sp³-hybridized carbons (Fsp3) is 0.452. The standard InChI is InChI=1S/C31H38N2O9S/c1-31(2,3)42-30(36)33(4)29-32-25-27(40-18-20-9-13-22(38-6)14-10-20)26(23(15-16-24(34)35)41-28(25)43-29)39-17-19-7-11-21(37-5)12-8-19/h7-16,23,25-28H,17-18H2,1-6H3,(H,34,35)/t23-,25-,26-,27-,28-/m1/s1. The van der Waals surface area contributed by atoms with Gasteiger partial charge in [0.05, 0.1) is 27.4 Å². The first-order chi connectivity index (χ1) is 20.5. The molecule has 0 unspecified atom stereocenters. The van der Waals surface area contributed by atoms with E-state index < -0.39 is 47.5 Å². The molecule has 2 aliphatic rings. The lowest BCUT2D eigenvalue weighted by atomic mass is 9.97. The molecule has 1 N–H and O–H groups in total. The van der Waals surface area contributed by atoms with E-state index in [2.05, 4.69) is 0 Å². The number of rotatable bonds is 10. The van der Waals surface area contributed by atoms with Crippen LogP contribution < -0.4 is 9.47 Å². The number of fused-ring (bicyclic) bond motifs is 1. The normalized spacial score (nSPS) is 23.4. The molecule has 0 aromatic heterocycles. The van der Waals surface area contributed by atoms with Gasteiger partial charge in [-0.25, -0.2) is 9.59 Å². The summed E-state index contributed by atoms with van der Waals surface area (Å²) in [6.45, 7) is 5.80. The number of carbonyl (C=O) groups excluding carboxylic acids is 1. The van der Waals surface area contributed by atoms with Gasteiger partial charge in [-0.15, -0.1) is 0 Å². The zero-order valence-electron chi connectivity index (χ0n) is 25.1. The van der Waals surface area contributed by atoms with Crippen LogP contribution in [0.25, 0.3) is 0 Å². The molecule has 0 radical (unpaired) electrons. The van der Waals surface area contributed by atoms with Crippen LogP contribution in [0.4, 0.5) is 4.79 Å². The third-order valence-electron chi connectivity index (χ3n) is 6.62. The molecular formula is C31H38N2O9S. The van der Waals surface area contributed by atoms with Gasteiger partial charge in [0.15, 0.2) is 5.17 Å². The zero-order chi connectivity index (χ0) is 31.1. The van der Waals surface area contributed by atoms with E-state index in [0.717, 1.165) is 28.7 Å². The predicted molar refractivity (Wildman–Crippen MR) is 161 cm³/mol. The Morgan fingerprint density at radius 2 is 1.49 bits per heavy atom. The largest absolute Gasteiger partial charge is 0.497 e. The third kappa shape index (κ3) is 8.73. The predicted octanol–water partition coefficient (Wildman–Crippen LogP) is 4.88. The molecule has 0 saturated carbocycles. The Morgan fingerprint density at radius 1 is 0.953 bits per heavy atom. The van der Waals surface area contributed by atoms with Crippen LogP contribution in [0.2, 0.25) is 0 Å². The van der Waals surface area contributed by atoms with Crippen LogP contribution in [0.3, 0.4) is 0 Å². The number of hydrogen-bond donors (Lipinski definition) is 1. The van der Waals surface area contributed by atoms with Gasteiger partial charge in [-0.2, -0.15) is 0 Å². The highest BCUT2D eigenvalue weighted by atomic mass is 32.2. The van der Waals surface area contributed by atoms with E-state index in [1.807, 2.05) is 48.5 Å². The molecule has 0 spiro atoms. The summed E-state index contributed by atoms with van der Waals surface area (Å²) in [6, 6.07) is 14.4. The van der Waals surface area contributed by atoms with Gasteiger partial charge < -0.3 is 33.5 Å². The lowest BCUT2D eigenvalue weighted by Crippen LogP contribution is -2.56. The summed E-state index contributed by atoms with van der Waals surface area (Å²) in [4.78, 5) is 30.5. The van der Waals surface area contributed by atoms with Crippen molar-refractivity contribution in [1.82, 2.24) is 4.90 Å². The van der Waals surface area contributed by atoms with Crippen LogP contribution in [0.5, 0.6) is 11.5 Å². The van der Waals surface area contributed by atoms with Crippen molar-refractivity contribution >= 4 is 29.0 Å². The maximum Gasteiger partial charge on any atom is 0.416 e. The Morgan fingerprint density at radius 3 is 1.98 bits per heavy atom. The number of aliphatic imine (C=N–C) groups is 1. The number of carboxylic acid groups (broad SMARTS) is 1. The Bertz CT molecular complexity index is 1310. The highest BCUT2D eigenvalue weighted by molar-refractivity contribution is 8.14. The van der Waals surface area contributed by atoms with Crippen molar-refractivity contribution in [2.45, 2.75) is 69.4 Å². The Hall–Kier alpha value is -3.58. The van der Waals surface area contributed by atoms with E-state index >= 15 is 0 Å². The molecular weight excluding hydrogens is 576 g/mol. The molecule has 2 aromatic carbocycles. The fourth-order valence-corrected chi connectivity index (χ4v) is 5.62. The summed E-state index contributed by atoms with van der Waals surface area (Å²) in [5, 5.41) is 9.78. The van der Waals surface area contributed by atoms with Gasteiger partial charge in [0.1, 0.15) is 46.9 Å². The minimum absolute atomic E-state index is 0.205. The van der Waals surface area contributed by atoms with Crippen LogP contribution in [-0.4, -0.2) is 83.9 Å². The van der Waals surface area contributed by atoms with E-state index in [0.29, 0.717) is 5.17 Å². The van der Waals surface area contributed by atoms with Crippen molar-refractivity contribution in [3.63, 3.8) is 0 Å². The number of amidine groups is 1. The van der Waals surface area contributed by atoms with Gasteiger partial charge in [0.2, 0.25) is 0 Å². The number of carbonyl (C=O) groups is 2. The number of hydrogen-bond acceptors (Lipinski definition) is 10. The molecule has 5 atom stereocenters. The van der Waals surface area contributed by atoms with E-state index in [4.69, 9.17) is 33.4 Å². The second kappa shape index (κ2) is 14.3. The number of ether oxygens (including phenoxy) is 6. The molecule has 2 heterocycles. The number of nitrogens with zero attached hydrogens (tertiary/aromatic N) is 2. The summed E-state index contributed by atoms with van der Waals surface area (Å²) in [5.74, 6) is 0.326. The van der Waals surface area contributed by atoms with Gasteiger partial charge in [-0.3, -0.25) is 9.89 Å². The Kier molecular flexibility index (Phi) is 10.7. The van der Waals surface area contributed by atoms with Crippen molar-refractivity contribution in [3.8, 4) is 11.5 Å². The molecule has 43 heavy (non-hydrogen) atoms. The maximum absolute atomic E-state index is 12.8. The van der Waals surface area contributed by atoms with Crippen LogP contribution in [-0.2, 0) is 37.0 Å². The van der Waals surface area contributed by atoms with Crippen LogP contribution >= 0.6 is 11.8 Å². The SMILES string of the molecule is COc1ccc(CO[C@@H]2[C@H]3N=C(N(C)C(=O)OC(C)(C)C)S[C@H]3O[C@H](C=CC(=O)O)[C@H]2OCc2ccc(OC)cc2)cc1. The van der Waals surface area contributed by atoms with Crippen LogP contribution in [0, 0.1) is 0 Å².